The molecule has 1 spiro atoms. The Morgan fingerprint density at radius 2 is 1.86 bits per heavy atom. The van der Waals surface area contributed by atoms with Gasteiger partial charge in [-0.05, 0) is 75.5 Å². The predicted molar refractivity (Wildman–Crippen MR) is 117 cm³/mol. The normalized spacial score (nSPS) is 25.3. The average molecular weight is 398 g/mol. The van der Waals surface area contributed by atoms with E-state index in [1.54, 1.807) is 7.11 Å². The van der Waals surface area contributed by atoms with Crippen molar-refractivity contribution in [3.8, 4) is 5.75 Å². The summed E-state index contributed by atoms with van der Waals surface area (Å²) in [7, 11) is 3.85. The van der Waals surface area contributed by atoms with Crippen LogP contribution in [0.1, 0.15) is 31.2 Å². The number of piperidine rings is 1. The summed E-state index contributed by atoms with van der Waals surface area (Å²) in [6.45, 7) is 7.18. The molecule has 1 aromatic rings. The van der Waals surface area contributed by atoms with Gasteiger partial charge in [0, 0.05) is 32.1 Å². The van der Waals surface area contributed by atoms with Crippen molar-refractivity contribution in [1.29, 1.82) is 0 Å². The van der Waals surface area contributed by atoms with Crippen LogP contribution in [-0.4, -0.2) is 80.6 Å². The summed E-state index contributed by atoms with van der Waals surface area (Å²) in [5.74, 6) is 1.63. The van der Waals surface area contributed by atoms with Gasteiger partial charge in [-0.15, -0.1) is 0 Å². The van der Waals surface area contributed by atoms with Gasteiger partial charge in [0.1, 0.15) is 5.75 Å². The van der Waals surface area contributed by atoms with E-state index in [1.807, 2.05) is 12.1 Å². The van der Waals surface area contributed by atoms with Gasteiger partial charge in [0.05, 0.1) is 7.11 Å². The van der Waals surface area contributed by atoms with Gasteiger partial charge in [0.25, 0.3) is 0 Å². The largest absolute Gasteiger partial charge is 0.497 e. The van der Waals surface area contributed by atoms with Crippen molar-refractivity contribution in [2.45, 2.75) is 25.7 Å². The van der Waals surface area contributed by atoms with Crippen LogP contribution in [0.5, 0.6) is 5.75 Å². The van der Waals surface area contributed by atoms with Crippen LogP contribution in [0.2, 0.25) is 0 Å². The van der Waals surface area contributed by atoms with Gasteiger partial charge in [-0.2, -0.15) is 0 Å². The molecule has 1 aromatic carbocycles. The Morgan fingerprint density at radius 1 is 1.10 bits per heavy atom. The average Bonchev–Trinajstić information content (AvgIpc) is 3.49. The first-order chi connectivity index (χ1) is 14.1. The predicted octanol–water partition coefficient (Wildman–Crippen LogP) is 2.97. The van der Waals surface area contributed by atoms with Crippen LogP contribution in [0.4, 0.5) is 0 Å². The lowest BCUT2D eigenvalue weighted by molar-refractivity contribution is -0.133. The Bertz CT molecular complexity index is 722. The summed E-state index contributed by atoms with van der Waals surface area (Å²) < 4.78 is 5.21. The second kappa shape index (κ2) is 8.88. The van der Waals surface area contributed by atoms with E-state index < -0.39 is 0 Å². The van der Waals surface area contributed by atoms with Crippen LogP contribution >= 0.6 is 0 Å². The lowest BCUT2D eigenvalue weighted by Gasteiger charge is -2.32. The van der Waals surface area contributed by atoms with Crippen LogP contribution in [0.25, 0.3) is 6.08 Å². The van der Waals surface area contributed by atoms with Crippen molar-refractivity contribution in [3.63, 3.8) is 0 Å². The lowest BCUT2D eigenvalue weighted by Crippen LogP contribution is -2.39. The minimum Gasteiger partial charge on any atom is -0.497 e. The first-order valence-electron chi connectivity index (χ1n) is 11.1. The van der Waals surface area contributed by atoms with E-state index in [0.29, 0.717) is 17.2 Å². The zero-order valence-electron chi connectivity index (χ0n) is 18.0. The highest BCUT2D eigenvalue weighted by atomic mass is 16.5. The molecule has 4 rings (SSSR count). The summed E-state index contributed by atoms with van der Waals surface area (Å²) in [5, 5.41) is 0. The zero-order valence-corrected chi connectivity index (χ0v) is 18.0. The number of benzene rings is 1. The first kappa shape index (κ1) is 20.4. The molecule has 3 fully saturated rings. The number of nitrogens with zero attached hydrogens (tertiary/aromatic N) is 3. The number of hydrogen-bond acceptors (Lipinski definition) is 4. The third-order valence-electron chi connectivity index (χ3n) is 7.16. The van der Waals surface area contributed by atoms with Crippen molar-refractivity contribution < 1.29 is 9.53 Å². The lowest BCUT2D eigenvalue weighted by atomic mass is 9.90. The molecule has 0 N–H and O–H groups in total. The van der Waals surface area contributed by atoms with E-state index in [9.17, 15) is 4.79 Å². The number of carbonyl (C=O) groups excluding carboxylic acids is 1. The van der Waals surface area contributed by atoms with Crippen LogP contribution < -0.4 is 4.74 Å². The monoisotopic (exact) mass is 397 g/mol. The van der Waals surface area contributed by atoms with Crippen molar-refractivity contribution in [3.05, 3.63) is 35.9 Å². The van der Waals surface area contributed by atoms with Crippen molar-refractivity contribution in [1.82, 2.24) is 14.7 Å². The molecule has 1 amide bonds. The highest BCUT2D eigenvalue weighted by Crippen LogP contribution is 2.60. The minimum absolute atomic E-state index is 0.294. The summed E-state index contributed by atoms with van der Waals surface area (Å²) in [6, 6.07) is 8.16. The van der Waals surface area contributed by atoms with E-state index in [2.05, 4.69) is 46.0 Å². The SMILES string of the molecule is COc1ccc(/C=C/CN2CCC3(CC2)CC3C(=O)N2CCCN(C)CC2)cc1. The number of ether oxygens (including phenoxy) is 1. The number of carbonyl (C=O) groups is 1. The molecular formula is C24H35N3O2. The fraction of sp³-hybridized carbons (Fsp3) is 0.625. The van der Waals surface area contributed by atoms with Gasteiger partial charge in [-0.25, -0.2) is 0 Å². The molecule has 3 aliphatic rings. The molecule has 29 heavy (non-hydrogen) atoms. The fourth-order valence-electron chi connectivity index (χ4n) is 4.97. The maximum absolute atomic E-state index is 13.0. The molecule has 1 saturated carbocycles. The minimum atomic E-state index is 0.294. The Hall–Kier alpha value is -1.85. The Kier molecular flexibility index (Phi) is 6.26. The molecule has 1 aliphatic carbocycles. The highest BCUT2D eigenvalue weighted by molar-refractivity contribution is 5.82. The summed E-state index contributed by atoms with van der Waals surface area (Å²) in [6.07, 6.45) is 9.01. The van der Waals surface area contributed by atoms with Gasteiger partial charge >= 0.3 is 0 Å². The molecule has 0 aromatic heterocycles. The van der Waals surface area contributed by atoms with Gasteiger partial charge < -0.3 is 14.5 Å². The molecule has 1 unspecified atom stereocenters. The molecule has 2 heterocycles. The third kappa shape index (κ3) is 4.84. The second-order valence-corrected chi connectivity index (χ2v) is 9.08. The van der Waals surface area contributed by atoms with E-state index >= 15 is 0 Å². The smallest absolute Gasteiger partial charge is 0.226 e. The van der Waals surface area contributed by atoms with E-state index in [0.717, 1.165) is 64.4 Å². The van der Waals surface area contributed by atoms with Gasteiger partial charge in [-0.1, -0.05) is 24.3 Å². The number of rotatable bonds is 5. The van der Waals surface area contributed by atoms with E-state index in [-0.39, 0.29) is 0 Å². The summed E-state index contributed by atoms with van der Waals surface area (Å²) in [5.41, 5.74) is 1.51. The Balaban J connectivity index is 1.22. The molecule has 5 nitrogen and oxygen atoms in total. The van der Waals surface area contributed by atoms with Gasteiger partial charge in [-0.3, -0.25) is 9.69 Å². The molecule has 2 aliphatic heterocycles. The number of likely N-dealkylation sites (N-methyl/N-ethyl adjacent to an activating group) is 1. The maximum Gasteiger partial charge on any atom is 0.226 e. The van der Waals surface area contributed by atoms with E-state index in [4.69, 9.17) is 4.74 Å². The topological polar surface area (TPSA) is 36.0 Å². The molecule has 158 valence electrons. The quantitative estimate of drug-likeness (QED) is 0.765. The number of methoxy groups -OCH3 is 1. The highest BCUT2D eigenvalue weighted by Gasteiger charge is 2.59. The fourth-order valence-corrected chi connectivity index (χ4v) is 4.97. The van der Waals surface area contributed by atoms with Crippen LogP contribution in [-0.2, 0) is 4.79 Å². The van der Waals surface area contributed by atoms with E-state index in [1.165, 1.54) is 18.4 Å². The molecule has 0 bridgehead atoms. The van der Waals surface area contributed by atoms with Crippen molar-refractivity contribution in [2.75, 3.05) is 60.0 Å². The van der Waals surface area contributed by atoms with Gasteiger partial charge in [0.15, 0.2) is 0 Å². The standard InChI is InChI=1S/C24H35N3O2/c1-25-12-4-14-27(18-17-25)23(28)22-19-24(22)10-15-26(16-11-24)13-3-5-20-6-8-21(29-2)9-7-20/h3,5-9,22H,4,10-19H2,1-2H3/b5-3+. The third-order valence-corrected chi connectivity index (χ3v) is 7.16. The number of amides is 1. The van der Waals surface area contributed by atoms with Crippen LogP contribution in [0.15, 0.2) is 30.3 Å². The van der Waals surface area contributed by atoms with Crippen LogP contribution in [0.3, 0.4) is 0 Å². The summed E-state index contributed by atoms with van der Waals surface area (Å²) in [4.78, 5) is 20.0. The molecule has 2 saturated heterocycles. The summed E-state index contributed by atoms with van der Waals surface area (Å²) >= 11 is 0. The Labute approximate surface area is 175 Å². The molecule has 1 atom stereocenters. The van der Waals surface area contributed by atoms with Crippen LogP contribution in [0, 0.1) is 11.3 Å². The maximum atomic E-state index is 13.0. The molecule has 0 radical (unpaired) electrons. The van der Waals surface area contributed by atoms with Crippen molar-refractivity contribution >= 4 is 12.0 Å². The second-order valence-electron chi connectivity index (χ2n) is 9.08. The number of hydrogen-bond donors (Lipinski definition) is 0. The first-order valence-corrected chi connectivity index (χ1v) is 11.1. The number of likely N-dealkylation sites (tertiary alicyclic amines) is 1. The zero-order chi connectivity index (χ0) is 20.3. The van der Waals surface area contributed by atoms with Gasteiger partial charge in [0.2, 0.25) is 5.91 Å². The van der Waals surface area contributed by atoms with Crippen molar-refractivity contribution in [2.24, 2.45) is 11.3 Å². The molecule has 5 heteroatoms. The Morgan fingerprint density at radius 3 is 2.59 bits per heavy atom. The molecular weight excluding hydrogens is 362 g/mol.